The number of likely N-dealkylation sites (N-methyl/N-ethyl adjacent to an activating group) is 1. The third-order valence-corrected chi connectivity index (χ3v) is 4.63. The van der Waals surface area contributed by atoms with Crippen molar-refractivity contribution in [2.24, 2.45) is 11.3 Å². The summed E-state index contributed by atoms with van der Waals surface area (Å²) in [5.74, 6) is 0.440. The molecule has 2 amide bonds. The highest BCUT2D eigenvalue weighted by Gasteiger charge is 2.60. The van der Waals surface area contributed by atoms with Crippen molar-refractivity contribution < 1.29 is 14.6 Å². The van der Waals surface area contributed by atoms with E-state index in [9.17, 15) is 9.90 Å². The van der Waals surface area contributed by atoms with Gasteiger partial charge < -0.3 is 20.1 Å². The van der Waals surface area contributed by atoms with Crippen LogP contribution in [0.4, 0.5) is 4.79 Å². The predicted octanol–water partition coefficient (Wildman–Crippen LogP) is 1.60. The highest BCUT2D eigenvalue weighted by atomic mass is 16.5. The van der Waals surface area contributed by atoms with E-state index in [0.29, 0.717) is 19.0 Å². The van der Waals surface area contributed by atoms with Crippen molar-refractivity contribution in [1.29, 1.82) is 0 Å². The molecule has 116 valence electrons. The summed E-state index contributed by atoms with van der Waals surface area (Å²) < 4.78 is 5.74. The maximum Gasteiger partial charge on any atom is 0.317 e. The maximum atomic E-state index is 12.4. The van der Waals surface area contributed by atoms with Gasteiger partial charge >= 0.3 is 6.03 Å². The van der Waals surface area contributed by atoms with E-state index in [0.717, 1.165) is 13.0 Å². The van der Waals surface area contributed by atoms with Gasteiger partial charge in [-0.1, -0.05) is 13.8 Å². The number of ether oxygens (including phenoxy) is 1. The Hall–Kier alpha value is -0.810. The van der Waals surface area contributed by atoms with Crippen molar-refractivity contribution >= 4 is 6.03 Å². The number of carbonyl (C=O) groups is 1. The van der Waals surface area contributed by atoms with Gasteiger partial charge in [0.25, 0.3) is 0 Å². The van der Waals surface area contributed by atoms with Crippen LogP contribution in [0.2, 0.25) is 0 Å². The molecule has 1 aliphatic heterocycles. The maximum absolute atomic E-state index is 12.4. The molecular weight excluding hydrogens is 256 g/mol. The van der Waals surface area contributed by atoms with Gasteiger partial charge in [0.15, 0.2) is 0 Å². The van der Waals surface area contributed by atoms with Crippen LogP contribution in [0.1, 0.15) is 41.0 Å². The molecule has 0 aromatic heterocycles. The minimum absolute atomic E-state index is 0.00896. The molecule has 0 spiro atoms. The summed E-state index contributed by atoms with van der Waals surface area (Å²) in [4.78, 5) is 14.1. The number of aliphatic hydroxyl groups is 1. The van der Waals surface area contributed by atoms with Crippen LogP contribution in [0, 0.1) is 11.3 Å². The lowest BCUT2D eigenvalue weighted by atomic mass is 9.57. The van der Waals surface area contributed by atoms with Crippen LogP contribution in [0.5, 0.6) is 0 Å². The summed E-state index contributed by atoms with van der Waals surface area (Å²) in [6, 6.07) is 0.0800. The Morgan fingerprint density at radius 1 is 1.50 bits per heavy atom. The van der Waals surface area contributed by atoms with Crippen molar-refractivity contribution in [3.05, 3.63) is 0 Å². The van der Waals surface area contributed by atoms with E-state index in [2.05, 4.69) is 19.2 Å². The number of nitrogens with zero attached hydrogens (tertiary/aromatic N) is 1. The van der Waals surface area contributed by atoms with Crippen molar-refractivity contribution in [3.8, 4) is 0 Å². The smallest absolute Gasteiger partial charge is 0.317 e. The molecule has 0 bridgehead atoms. The fraction of sp³-hybridized carbons (Fsp3) is 0.933. The van der Waals surface area contributed by atoms with E-state index in [1.165, 1.54) is 0 Å². The van der Waals surface area contributed by atoms with Crippen molar-refractivity contribution in [2.45, 2.75) is 58.8 Å². The Bertz CT molecular complexity index is 376. The second kappa shape index (κ2) is 5.19. The lowest BCUT2D eigenvalue weighted by Gasteiger charge is -2.54. The van der Waals surface area contributed by atoms with Crippen LogP contribution in [-0.2, 0) is 4.74 Å². The molecule has 1 heterocycles. The first-order valence-corrected chi connectivity index (χ1v) is 7.56. The zero-order chi connectivity index (χ0) is 15.1. The van der Waals surface area contributed by atoms with E-state index in [-0.39, 0.29) is 23.6 Å². The molecule has 1 aliphatic carbocycles. The largest absolute Gasteiger partial charge is 0.389 e. The molecule has 1 saturated carbocycles. The molecule has 0 aromatic carbocycles. The number of hydrogen-bond acceptors (Lipinski definition) is 3. The zero-order valence-corrected chi connectivity index (χ0v) is 13.3. The summed E-state index contributed by atoms with van der Waals surface area (Å²) in [7, 11) is 0. The monoisotopic (exact) mass is 284 g/mol. The standard InChI is InChI=1S/C15H28N2O3/c1-6-17(9-14(2,3)19)13(18)16-11-10-7-8-20-12(10)15(11,4)5/h10-12,19H,6-9H2,1-5H3,(H,16,18). The molecule has 20 heavy (non-hydrogen) atoms. The van der Waals surface area contributed by atoms with Gasteiger partial charge in [-0.15, -0.1) is 0 Å². The Morgan fingerprint density at radius 3 is 2.70 bits per heavy atom. The van der Waals surface area contributed by atoms with Crippen LogP contribution >= 0.6 is 0 Å². The van der Waals surface area contributed by atoms with Gasteiger partial charge in [-0.25, -0.2) is 4.79 Å². The minimum Gasteiger partial charge on any atom is -0.389 e. The van der Waals surface area contributed by atoms with E-state index >= 15 is 0 Å². The Balaban J connectivity index is 1.97. The van der Waals surface area contributed by atoms with E-state index in [4.69, 9.17) is 4.74 Å². The molecule has 2 fully saturated rings. The summed E-state index contributed by atoms with van der Waals surface area (Å²) in [6.07, 6.45) is 1.30. The SMILES string of the molecule is CCN(CC(C)(C)O)C(=O)NC1C2CCOC2C1(C)C. The fourth-order valence-corrected chi connectivity index (χ4v) is 3.64. The normalized spacial score (nSPS) is 31.4. The van der Waals surface area contributed by atoms with Gasteiger partial charge in [0, 0.05) is 30.5 Å². The van der Waals surface area contributed by atoms with Crippen LogP contribution in [-0.4, -0.2) is 53.5 Å². The third kappa shape index (κ3) is 2.79. The van der Waals surface area contributed by atoms with Gasteiger partial charge in [0.05, 0.1) is 18.2 Å². The number of nitrogens with one attached hydrogen (secondary N) is 1. The van der Waals surface area contributed by atoms with Gasteiger partial charge in [0.1, 0.15) is 0 Å². The van der Waals surface area contributed by atoms with Crippen molar-refractivity contribution in [1.82, 2.24) is 10.2 Å². The first kappa shape index (κ1) is 15.6. The Morgan fingerprint density at radius 2 is 2.15 bits per heavy atom. The molecule has 2 rings (SSSR count). The minimum atomic E-state index is -0.874. The molecule has 3 unspecified atom stereocenters. The number of rotatable bonds is 4. The highest BCUT2D eigenvalue weighted by Crippen LogP contribution is 2.52. The van der Waals surface area contributed by atoms with E-state index < -0.39 is 5.60 Å². The molecule has 2 aliphatic rings. The second-order valence-corrected chi connectivity index (χ2v) is 7.32. The number of amides is 2. The van der Waals surface area contributed by atoms with Crippen molar-refractivity contribution in [2.75, 3.05) is 19.7 Å². The fourth-order valence-electron chi connectivity index (χ4n) is 3.64. The molecule has 3 atom stereocenters. The number of urea groups is 1. The van der Waals surface area contributed by atoms with Crippen molar-refractivity contribution in [3.63, 3.8) is 0 Å². The molecule has 2 N–H and O–H groups in total. The summed E-state index contributed by atoms with van der Waals surface area (Å²) in [6.45, 7) is 11.4. The van der Waals surface area contributed by atoms with Crippen LogP contribution in [0.25, 0.3) is 0 Å². The summed E-state index contributed by atoms with van der Waals surface area (Å²) >= 11 is 0. The quantitative estimate of drug-likeness (QED) is 0.824. The Kier molecular flexibility index (Phi) is 4.04. The first-order chi connectivity index (χ1) is 9.16. The predicted molar refractivity (Wildman–Crippen MR) is 77.5 cm³/mol. The van der Waals surface area contributed by atoms with Gasteiger partial charge in [-0.2, -0.15) is 0 Å². The first-order valence-electron chi connectivity index (χ1n) is 7.56. The average molecular weight is 284 g/mol. The van der Waals surface area contributed by atoms with E-state index in [1.54, 1.807) is 18.7 Å². The lowest BCUT2D eigenvalue weighted by molar-refractivity contribution is -0.109. The van der Waals surface area contributed by atoms with E-state index in [1.807, 2.05) is 6.92 Å². The molecule has 1 saturated heterocycles. The molecule has 5 heteroatoms. The number of carbonyl (C=O) groups excluding carboxylic acids is 1. The number of hydrogen-bond donors (Lipinski definition) is 2. The second-order valence-electron chi connectivity index (χ2n) is 7.32. The zero-order valence-electron chi connectivity index (χ0n) is 13.3. The molecule has 0 radical (unpaired) electrons. The average Bonchev–Trinajstić information content (AvgIpc) is 2.78. The third-order valence-electron chi connectivity index (χ3n) is 4.63. The van der Waals surface area contributed by atoms with Gasteiger partial charge in [-0.05, 0) is 27.2 Å². The van der Waals surface area contributed by atoms with Gasteiger partial charge in [0.2, 0.25) is 0 Å². The molecule has 5 nitrogen and oxygen atoms in total. The van der Waals surface area contributed by atoms with Gasteiger partial charge in [-0.3, -0.25) is 0 Å². The molecular formula is C15H28N2O3. The van der Waals surface area contributed by atoms with Crippen LogP contribution in [0.15, 0.2) is 0 Å². The van der Waals surface area contributed by atoms with Crippen LogP contribution in [0.3, 0.4) is 0 Å². The summed E-state index contributed by atoms with van der Waals surface area (Å²) in [5.41, 5.74) is -0.882. The summed E-state index contributed by atoms with van der Waals surface area (Å²) in [5, 5.41) is 13.0. The molecule has 0 aromatic rings. The topological polar surface area (TPSA) is 61.8 Å². The number of fused-ring (bicyclic) bond motifs is 1. The highest BCUT2D eigenvalue weighted by molar-refractivity contribution is 5.75. The lowest BCUT2D eigenvalue weighted by Crippen LogP contribution is -2.68. The van der Waals surface area contributed by atoms with Crippen LogP contribution < -0.4 is 5.32 Å². The Labute approximate surface area is 121 Å².